The highest BCUT2D eigenvalue weighted by Crippen LogP contribution is 2.39. The van der Waals surface area contributed by atoms with E-state index < -0.39 is 17.5 Å². The molecule has 1 N–H and O–H groups in total. The van der Waals surface area contributed by atoms with Gasteiger partial charge in [-0.3, -0.25) is 0 Å². The largest absolute Gasteiger partial charge is 0.310 e. The van der Waals surface area contributed by atoms with Crippen molar-refractivity contribution in [1.29, 1.82) is 0 Å². The summed E-state index contributed by atoms with van der Waals surface area (Å²) in [5.41, 5.74) is 0.00000283. The van der Waals surface area contributed by atoms with Crippen LogP contribution in [-0.4, -0.2) is 6.54 Å². The van der Waals surface area contributed by atoms with Gasteiger partial charge in [-0.05, 0) is 31.2 Å². The molecule has 1 aromatic carbocycles. The molecule has 0 bridgehead atoms. The third-order valence-electron chi connectivity index (χ3n) is 4.65. The van der Waals surface area contributed by atoms with Crippen molar-refractivity contribution < 1.29 is 13.2 Å². The van der Waals surface area contributed by atoms with E-state index >= 15 is 0 Å². The number of nitrogens with one attached hydrogen (secondary N) is 1. The first-order valence-electron chi connectivity index (χ1n) is 7.94. The summed E-state index contributed by atoms with van der Waals surface area (Å²) >= 11 is 0. The van der Waals surface area contributed by atoms with E-state index in [-0.39, 0.29) is 17.5 Å². The second-order valence-corrected chi connectivity index (χ2v) is 6.02. The zero-order valence-electron chi connectivity index (χ0n) is 12.8. The summed E-state index contributed by atoms with van der Waals surface area (Å²) in [5, 5.41) is 3.21. The van der Waals surface area contributed by atoms with Crippen molar-refractivity contribution in [2.45, 2.75) is 52.0 Å². The highest BCUT2D eigenvalue weighted by molar-refractivity contribution is 5.25. The van der Waals surface area contributed by atoms with E-state index in [1.54, 1.807) is 0 Å². The minimum absolute atomic E-state index is 0.00000283. The van der Waals surface area contributed by atoms with Gasteiger partial charge in [0, 0.05) is 23.7 Å². The van der Waals surface area contributed by atoms with Gasteiger partial charge in [0.1, 0.15) is 17.5 Å². The Bertz CT molecular complexity index is 452. The van der Waals surface area contributed by atoms with Gasteiger partial charge in [-0.1, -0.05) is 33.1 Å². The Balaban J connectivity index is 2.30. The van der Waals surface area contributed by atoms with Crippen LogP contribution in [0.2, 0.25) is 0 Å². The van der Waals surface area contributed by atoms with Crippen LogP contribution in [0, 0.1) is 29.3 Å². The summed E-state index contributed by atoms with van der Waals surface area (Å²) in [4.78, 5) is 0. The fourth-order valence-electron chi connectivity index (χ4n) is 3.58. The molecule has 118 valence electrons. The van der Waals surface area contributed by atoms with Crippen molar-refractivity contribution in [3.8, 4) is 0 Å². The van der Waals surface area contributed by atoms with Crippen molar-refractivity contribution in [1.82, 2.24) is 5.32 Å². The first kappa shape index (κ1) is 16.3. The molecule has 2 rings (SSSR count). The molecule has 0 aliphatic heterocycles. The van der Waals surface area contributed by atoms with Gasteiger partial charge in [0.15, 0.2) is 0 Å². The van der Waals surface area contributed by atoms with Crippen LogP contribution >= 0.6 is 0 Å². The van der Waals surface area contributed by atoms with Gasteiger partial charge in [-0.15, -0.1) is 0 Å². The van der Waals surface area contributed by atoms with Gasteiger partial charge >= 0.3 is 0 Å². The highest BCUT2D eigenvalue weighted by atomic mass is 19.1. The van der Waals surface area contributed by atoms with Crippen LogP contribution in [0.1, 0.15) is 57.6 Å². The molecule has 4 heteroatoms. The number of halogens is 3. The van der Waals surface area contributed by atoms with Gasteiger partial charge in [-0.2, -0.15) is 0 Å². The minimum Gasteiger partial charge on any atom is -0.310 e. The average Bonchev–Trinajstić information content (AvgIpc) is 2.45. The third-order valence-corrected chi connectivity index (χ3v) is 4.65. The van der Waals surface area contributed by atoms with Crippen molar-refractivity contribution in [2.75, 3.05) is 6.54 Å². The van der Waals surface area contributed by atoms with E-state index in [0.717, 1.165) is 37.8 Å². The molecule has 1 saturated carbocycles. The van der Waals surface area contributed by atoms with Crippen LogP contribution in [0.15, 0.2) is 12.1 Å². The molecule has 0 radical (unpaired) electrons. The predicted molar refractivity (Wildman–Crippen MR) is 78.5 cm³/mol. The van der Waals surface area contributed by atoms with E-state index in [2.05, 4.69) is 12.2 Å². The van der Waals surface area contributed by atoms with Crippen LogP contribution in [0.4, 0.5) is 13.2 Å². The predicted octanol–water partition coefficient (Wildman–Crippen LogP) is 4.97. The molecule has 1 nitrogen and oxygen atoms in total. The van der Waals surface area contributed by atoms with E-state index in [4.69, 9.17) is 0 Å². The maximum atomic E-state index is 14.1. The second kappa shape index (κ2) is 7.30. The Labute approximate surface area is 124 Å². The summed E-state index contributed by atoms with van der Waals surface area (Å²) in [6.45, 7) is 4.72. The molecular weight excluding hydrogens is 275 g/mol. The van der Waals surface area contributed by atoms with Gasteiger partial charge in [0.25, 0.3) is 0 Å². The summed E-state index contributed by atoms with van der Waals surface area (Å²) < 4.78 is 41.3. The molecule has 0 spiro atoms. The Morgan fingerprint density at radius 1 is 1.14 bits per heavy atom. The monoisotopic (exact) mass is 299 g/mol. The quantitative estimate of drug-likeness (QED) is 0.809. The molecular formula is C17H24F3N. The Morgan fingerprint density at radius 2 is 1.81 bits per heavy atom. The van der Waals surface area contributed by atoms with Crippen LogP contribution in [0.25, 0.3) is 0 Å². The molecule has 3 unspecified atom stereocenters. The molecule has 1 aliphatic carbocycles. The van der Waals surface area contributed by atoms with Crippen molar-refractivity contribution in [3.63, 3.8) is 0 Å². The zero-order chi connectivity index (χ0) is 15.4. The summed E-state index contributed by atoms with van der Waals surface area (Å²) in [6.07, 6.45) is 5.33. The maximum absolute atomic E-state index is 14.1. The fourth-order valence-corrected chi connectivity index (χ4v) is 3.58. The van der Waals surface area contributed by atoms with Crippen molar-refractivity contribution in [3.05, 3.63) is 35.1 Å². The summed E-state index contributed by atoms with van der Waals surface area (Å²) in [5.74, 6) is -1.59. The standard InChI is InChI=1S/C17H24F3N/c1-3-11-6-5-7-12(8-11)17(21-4-2)16-14(19)9-13(18)10-15(16)20/h9-12,17,21H,3-8H2,1-2H3. The summed E-state index contributed by atoms with van der Waals surface area (Å²) in [6, 6.07) is 1.19. The maximum Gasteiger partial charge on any atom is 0.133 e. The smallest absolute Gasteiger partial charge is 0.133 e. The van der Waals surface area contributed by atoms with Crippen LogP contribution in [-0.2, 0) is 0 Å². The zero-order valence-corrected chi connectivity index (χ0v) is 12.8. The van der Waals surface area contributed by atoms with Gasteiger partial charge in [0.05, 0.1) is 0 Å². The highest BCUT2D eigenvalue weighted by Gasteiger charge is 2.32. The minimum atomic E-state index is -0.862. The second-order valence-electron chi connectivity index (χ2n) is 6.02. The van der Waals surface area contributed by atoms with Crippen LogP contribution in [0.3, 0.4) is 0 Å². The van der Waals surface area contributed by atoms with Crippen LogP contribution < -0.4 is 5.32 Å². The van der Waals surface area contributed by atoms with Crippen molar-refractivity contribution >= 4 is 0 Å². The first-order valence-corrected chi connectivity index (χ1v) is 7.94. The van der Waals surface area contributed by atoms with Gasteiger partial charge in [0.2, 0.25) is 0 Å². The third kappa shape index (κ3) is 3.79. The molecule has 0 aromatic heterocycles. The number of hydrogen-bond donors (Lipinski definition) is 1. The lowest BCUT2D eigenvalue weighted by Crippen LogP contribution is -2.33. The molecule has 0 amide bonds. The normalized spacial score (nSPS) is 24.0. The molecule has 1 fully saturated rings. The average molecular weight is 299 g/mol. The van der Waals surface area contributed by atoms with E-state index in [9.17, 15) is 13.2 Å². The Morgan fingerprint density at radius 3 is 2.38 bits per heavy atom. The molecule has 0 heterocycles. The molecule has 1 aliphatic rings. The van der Waals surface area contributed by atoms with Gasteiger partial charge < -0.3 is 5.32 Å². The fraction of sp³-hybridized carbons (Fsp3) is 0.647. The molecule has 1 aromatic rings. The first-order chi connectivity index (χ1) is 10.1. The van der Waals surface area contributed by atoms with Gasteiger partial charge in [-0.25, -0.2) is 13.2 Å². The lowest BCUT2D eigenvalue weighted by molar-refractivity contribution is 0.205. The summed E-state index contributed by atoms with van der Waals surface area (Å²) in [7, 11) is 0. The van der Waals surface area contributed by atoms with Crippen molar-refractivity contribution in [2.24, 2.45) is 11.8 Å². The van der Waals surface area contributed by atoms with E-state index in [0.29, 0.717) is 12.5 Å². The lowest BCUT2D eigenvalue weighted by atomic mass is 9.75. The lowest BCUT2D eigenvalue weighted by Gasteiger charge is -2.35. The van der Waals surface area contributed by atoms with E-state index in [1.165, 1.54) is 6.42 Å². The number of benzene rings is 1. The molecule has 3 atom stereocenters. The molecule has 0 saturated heterocycles. The number of rotatable bonds is 5. The molecule has 21 heavy (non-hydrogen) atoms. The topological polar surface area (TPSA) is 12.0 Å². The number of hydrogen-bond acceptors (Lipinski definition) is 1. The van der Waals surface area contributed by atoms with Crippen LogP contribution in [0.5, 0.6) is 0 Å². The Hall–Kier alpha value is -1.03. The van der Waals surface area contributed by atoms with E-state index in [1.807, 2.05) is 6.92 Å². The SMILES string of the molecule is CCNC(c1c(F)cc(F)cc1F)C1CCCC(CC)C1. The Kier molecular flexibility index (Phi) is 5.68.